The van der Waals surface area contributed by atoms with Crippen LogP contribution in [0.25, 0.3) is 0 Å². The molecule has 106 valence electrons. The van der Waals surface area contributed by atoms with E-state index in [1.54, 1.807) is 19.1 Å². The van der Waals surface area contributed by atoms with Crippen LogP contribution in [0.2, 0.25) is 0 Å². The average molecular weight is 266 g/mol. The van der Waals surface area contributed by atoms with Crippen LogP contribution in [0.3, 0.4) is 0 Å². The number of hydrogen-bond donors (Lipinski definition) is 0. The van der Waals surface area contributed by atoms with Crippen molar-refractivity contribution in [3.8, 4) is 0 Å². The largest absolute Gasteiger partial charge is 0.207 e. The third-order valence-electron chi connectivity index (χ3n) is 4.53. The second kappa shape index (κ2) is 6.49. The van der Waals surface area contributed by atoms with E-state index in [1.165, 1.54) is 25.7 Å². The quantitative estimate of drug-likeness (QED) is 0.665. The minimum absolute atomic E-state index is 0.225. The van der Waals surface area contributed by atoms with Gasteiger partial charge >= 0.3 is 0 Å². The van der Waals surface area contributed by atoms with E-state index in [4.69, 9.17) is 0 Å². The van der Waals surface area contributed by atoms with Crippen molar-refractivity contribution >= 4 is 0 Å². The molecular weight excluding hydrogens is 242 g/mol. The van der Waals surface area contributed by atoms with E-state index in [-0.39, 0.29) is 17.2 Å². The van der Waals surface area contributed by atoms with Gasteiger partial charge in [0.1, 0.15) is 11.6 Å². The summed E-state index contributed by atoms with van der Waals surface area (Å²) >= 11 is 0. The Morgan fingerprint density at radius 3 is 2.05 bits per heavy atom. The van der Waals surface area contributed by atoms with Crippen molar-refractivity contribution in [1.82, 2.24) is 0 Å². The van der Waals surface area contributed by atoms with Gasteiger partial charge in [0.2, 0.25) is 0 Å². The summed E-state index contributed by atoms with van der Waals surface area (Å²) in [7, 11) is 0. The van der Waals surface area contributed by atoms with E-state index in [2.05, 4.69) is 6.92 Å². The molecule has 1 fully saturated rings. The fourth-order valence-corrected chi connectivity index (χ4v) is 3.39. The van der Waals surface area contributed by atoms with Gasteiger partial charge in [0.25, 0.3) is 0 Å². The first-order chi connectivity index (χ1) is 9.15. The van der Waals surface area contributed by atoms with Crippen molar-refractivity contribution < 1.29 is 8.78 Å². The summed E-state index contributed by atoms with van der Waals surface area (Å²) < 4.78 is 27.6. The Kier molecular flexibility index (Phi) is 4.95. The highest BCUT2D eigenvalue weighted by Crippen LogP contribution is 2.38. The summed E-state index contributed by atoms with van der Waals surface area (Å²) in [4.78, 5) is 0. The van der Waals surface area contributed by atoms with E-state index in [9.17, 15) is 8.78 Å². The molecule has 0 bridgehead atoms. The molecule has 1 saturated carbocycles. The number of halogens is 2. The van der Waals surface area contributed by atoms with Crippen LogP contribution in [-0.2, 0) is 6.42 Å². The molecule has 2 heteroatoms. The molecule has 0 unspecified atom stereocenters. The highest BCUT2D eigenvalue weighted by atomic mass is 19.1. The van der Waals surface area contributed by atoms with E-state index in [0.717, 1.165) is 24.3 Å². The maximum absolute atomic E-state index is 13.8. The van der Waals surface area contributed by atoms with E-state index >= 15 is 0 Å². The summed E-state index contributed by atoms with van der Waals surface area (Å²) in [5, 5.41) is 0. The fourth-order valence-electron chi connectivity index (χ4n) is 3.39. The molecule has 0 atom stereocenters. The third-order valence-corrected chi connectivity index (χ3v) is 4.53. The molecule has 19 heavy (non-hydrogen) atoms. The van der Waals surface area contributed by atoms with Crippen molar-refractivity contribution in [2.24, 2.45) is 5.92 Å². The maximum Gasteiger partial charge on any atom is 0.129 e. The number of benzene rings is 1. The monoisotopic (exact) mass is 266 g/mol. The SMILES string of the molecule is CCCC1CCC(c2cc(F)c(CC)c(F)c2)CC1. The lowest BCUT2D eigenvalue weighted by Crippen LogP contribution is -2.14. The predicted molar refractivity (Wildman–Crippen MR) is 75.3 cm³/mol. The van der Waals surface area contributed by atoms with Crippen LogP contribution in [0.15, 0.2) is 12.1 Å². The molecule has 0 saturated heterocycles. The van der Waals surface area contributed by atoms with E-state index in [1.807, 2.05) is 0 Å². The Labute approximate surface area is 115 Å². The number of hydrogen-bond acceptors (Lipinski definition) is 0. The molecule has 0 N–H and O–H groups in total. The third kappa shape index (κ3) is 3.34. The number of rotatable bonds is 4. The van der Waals surface area contributed by atoms with Gasteiger partial charge in [-0.2, -0.15) is 0 Å². The summed E-state index contributed by atoms with van der Waals surface area (Å²) in [6, 6.07) is 3.12. The average Bonchev–Trinajstić information content (AvgIpc) is 2.39. The Morgan fingerprint density at radius 2 is 1.58 bits per heavy atom. The van der Waals surface area contributed by atoms with Gasteiger partial charge < -0.3 is 0 Å². The van der Waals surface area contributed by atoms with Gasteiger partial charge in [-0.15, -0.1) is 0 Å². The van der Waals surface area contributed by atoms with Gasteiger partial charge in [-0.3, -0.25) is 0 Å². The topological polar surface area (TPSA) is 0 Å². The molecule has 1 aliphatic rings. The van der Waals surface area contributed by atoms with Crippen molar-refractivity contribution in [2.75, 3.05) is 0 Å². The van der Waals surface area contributed by atoms with Crippen molar-refractivity contribution in [3.05, 3.63) is 34.9 Å². The molecular formula is C17H24F2. The van der Waals surface area contributed by atoms with Crippen molar-refractivity contribution in [3.63, 3.8) is 0 Å². The van der Waals surface area contributed by atoms with E-state index in [0.29, 0.717) is 12.3 Å². The first-order valence-corrected chi connectivity index (χ1v) is 7.63. The van der Waals surface area contributed by atoms with Crippen LogP contribution in [0.5, 0.6) is 0 Å². The van der Waals surface area contributed by atoms with Crippen LogP contribution < -0.4 is 0 Å². The van der Waals surface area contributed by atoms with Gasteiger partial charge in [0.15, 0.2) is 0 Å². The lowest BCUT2D eigenvalue weighted by molar-refractivity contribution is 0.307. The van der Waals surface area contributed by atoms with Gasteiger partial charge in [0.05, 0.1) is 0 Å². The molecule has 0 aliphatic heterocycles. The smallest absolute Gasteiger partial charge is 0.129 e. The Balaban J connectivity index is 2.07. The molecule has 0 radical (unpaired) electrons. The minimum atomic E-state index is -0.367. The summed E-state index contributed by atoms with van der Waals surface area (Å²) in [6.45, 7) is 4.01. The Bertz CT molecular complexity index is 394. The zero-order valence-electron chi connectivity index (χ0n) is 12.0. The van der Waals surface area contributed by atoms with Crippen molar-refractivity contribution in [2.45, 2.75) is 64.7 Å². The highest BCUT2D eigenvalue weighted by Gasteiger charge is 2.23. The van der Waals surface area contributed by atoms with Gasteiger partial charge in [0, 0.05) is 5.56 Å². The van der Waals surface area contributed by atoms with Crippen LogP contribution in [0, 0.1) is 17.6 Å². The molecule has 0 aromatic heterocycles. The first-order valence-electron chi connectivity index (χ1n) is 7.63. The molecule has 0 nitrogen and oxygen atoms in total. The van der Waals surface area contributed by atoms with Gasteiger partial charge in [-0.05, 0) is 61.6 Å². The molecule has 1 aromatic carbocycles. The summed E-state index contributed by atoms with van der Waals surface area (Å²) in [5.74, 6) is 0.440. The lowest BCUT2D eigenvalue weighted by atomic mass is 9.77. The highest BCUT2D eigenvalue weighted by molar-refractivity contribution is 5.29. The minimum Gasteiger partial charge on any atom is -0.207 e. The first kappa shape index (κ1) is 14.5. The second-order valence-corrected chi connectivity index (χ2v) is 5.82. The lowest BCUT2D eigenvalue weighted by Gasteiger charge is -2.28. The van der Waals surface area contributed by atoms with Crippen LogP contribution in [0.1, 0.15) is 69.4 Å². The fraction of sp³-hybridized carbons (Fsp3) is 0.647. The van der Waals surface area contributed by atoms with Crippen LogP contribution >= 0.6 is 0 Å². The van der Waals surface area contributed by atoms with Crippen LogP contribution in [-0.4, -0.2) is 0 Å². The molecule has 1 aliphatic carbocycles. The molecule has 2 rings (SSSR count). The maximum atomic E-state index is 13.8. The molecule has 0 spiro atoms. The summed E-state index contributed by atoms with van der Waals surface area (Å²) in [6.07, 6.45) is 7.52. The zero-order chi connectivity index (χ0) is 13.8. The molecule has 0 amide bonds. The second-order valence-electron chi connectivity index (χ2n) is 5.82. The van der Waals surface area contributed by atoms with Gasteiger partial charge in [-0.1, -0.05) is 26.7 Å². The van der Waals surface area contributed by atoms with Crippen LogP contribution in [0.4, 0.5) is 8.78 Å². The Hall–Kier alpha value is -0.920. The summed E-state index contributed by atoms with van der Waals surface area (Å²) in [5.41, 5.74) is 1.09. The molecule has 1 aromatic rings. The normalized spacial score (nSPS) is 23.6. The predicted octanol–water partition coefficient (Wildman–Crippen LogP) is 5.60. The standard InChI is InChI=1S/C17H24F2/c1-3-5-12-6-8-13(9-7-12)14-10-16(18)15(4-2)17(19)11-14/h10-13H,3-9H2,1-2H3. The van der Waals surface area contributed by atoms with E-state index < -0.39 is 0 Å². The zero-order valence-corrected chi connectivity index (χ0v) is 12.0. The Morgan fingerprint density at radius 1 is 1.00 bits per heavy atom. The van der Waals surface area contributed by atoms with Gasteiger partial charge in [-0.25, -0.2) is 8.78 Å². The molecule has 0 heterocycles. The van der Waals surface area contributed by atoms with Crippen molar-refractivity contribution in [1.29, 1.82) is 0 Å².